The Balaban J connectivity index is 2.33. The summed E-state index contributed by atoms with van der Waals surface area (Å²) in [6.45, 7) is 9.16. The maximum absolute atomic E-state index is 9.58. The molecule has 0 aromatic heterocycles. The Morgan fingerprint density at radius 2 is 2.06 bits per heavy atom. The molecule has 3 heteroatoms. The minimum atomic E-state index is -0.0928. The molecule has 1 N–H and O–H groups in total. The van der Waals surface area contributed by atoms with Gasteiger partial charge in [-0.1, -0.05) is 13.8 Å². The van der Waals surface area contributed by atoms with Gasteiger partial charge in [-0.05, 0) is 58.8 Å². The van der Waals surface area contributed by atoms with Gasteiger partial charge >= 0.3 is 0 Å². The molecule has 2 unspecified atom stereocenters. The van der Waals surface area contributed by atoms with E-state index in [1.54, 1.807) is 0 Å². The van der Waals surface area contributed by atoms with Gasteiger partial charge in [0.2, 0.25) is 0 Å². The van der Waals surface area contributed by atoms with Gasteiger partial charge in [-0.25, -0.2) is 0 Å². The molecule has 0 bridgehead atoms. The molecule has 0 spiro atoms. The van der Waals surface area contributed by atoms with Crippen molar-refractivity contribution in [3.8, 4) is 0 Å². The smallest absolute Gasteiger partial charge is 0.0538 e. The second-order valence-corrected chi connectivity index (χ2v) is 5.42. The van der Waals surface area contributed by atoms with Crippen LogP contribution in [0.5, 0.6) is 0 Å². The number of likely N-dealkylation sites (N-methyl/N-ethyl adjacent to an activating group) is 1. The lowest BCUT2D eigenvalue weighted by atomic mass is 10.1. The highest BCUT2D eigenvalue weighted by Crippen LogP contribution is 2.13. The van der Waals surface area contributed by atoms with Gasteiger partial charge in [0.25, 0.3) is 0 Å². The van der Waals surface area contributed by atoms with Crippen molar-refractivity contribution in [2.75, 3.05) is 33.2 Å². The predicted octanol–water partition coefficient (Wildman–Crippen LogP) is 1.95. The Hall–Kier alpha value is -0.120. The fourth-order valence-electron chi connectivity index (χ4n) is 2.71. The monoisotopic (exact) mass is 242 g/mol. The van der Waals surface area contributed by atoms with Gasteiger partial charge in [0.15, 0.2) is 0 Å². The largest absolute Gasteiger partial charge is 0.393 e. The third kappa shape index (κ3) is 5.36. The normalized spacial score (nSPS) is 25.8. The minimum Gasteiger partial charge on any atom is -0.393 e. The summed E-state index contributed by atoms with van der Waals surface area (Å²) in [7, 11) is 2.23. The number of rotatable bonds is 6. The number of hydrogen-bond donors (Lipinski definition) is 1. The molecule has 102 valence electrons. The van der Waals surface area contributed by atoms with Crippen molar-refractivity contribution in [1.29, 1.82) is 0 Å². The third-order valence-electron chi connectivity index (χ3n) is 3.95. The lowest BCUT2D eigenvalue weighted by Gasteiger charge is -2.30. The van der Waals surface area contributed by atoms with Crippen LogP contribution in [0.3, 0.4) is 0 Å². The molecule has 1 fully saturated rings. The topological polar surface area (TPSA) is 26.7 Å². The van der Waals surface area contributed by atoms with E-state index in [0.29, 0.717) is 6.04 Å². The first-order valence-electron chi connectivity index (χ1n) is 7.28. The molecule has 2 atom stereocenters. The molecule has 1 rings (SSSR count). The van der Waals surface area contributed by atoms with E-state index in [1.165, 1.54) is 32.5 Å². The van der Waals surface area contributed by atoms with Crippen LogP contribution in [-0.4, -0.2) is 60.3 Å². The first-order valence-corrected chi connectivity index (χ1v) is 7.28. The molecule has 1 aliphatic heterocycles. The van der Waals surface area contributed by atoms with Crippen molar-refractivity contribution in [1.82, 2.24) is 9.80 Å². The molecule has 0 radical (unpaired) electrons. The molecular weight excluding hydrogens is 212 g/mol. The van der Waals surface area contributed by atoms with Gasteiger partial charge in [-0.15, -0.1) is 0 Å². The average molecular weight is 242 g/mol. The van der Waals surface area contributed by atoms with E-state index in [-0.39, 0.29) is 6.10 Å². The van der Waals surface area contributed by atoms with Crippen molar-refractivity contribution in [3.05, 3.63) is 0 Å². The van der Waals surface area contributed by atoms with Crippen LogP contribution < -0.4 is 0 Å². The zero-order valence-corrected chi connectivity index (χ0v) is 11.9. The second kappa shape index (κ2) is 8.06. The summed E-state index contributed by atoms with van der Waals surface area (Å²) >= 11 is 0. The zero-order valence-electron chi connectivity index (χ0n) is 11.9. The standard InChI is InChI=1S/C14H30N2O/c1-4-13-12-15(3)9-7-11-16(13)10-6-8-14(17)5-2/h13-14,17H,4-12H2,1-3H3. The average Bonchev–Trinajstić information content (AvgIpc) is 2.50. The number of aliphatic hydroxyl groups is 1. The maximum Gasteiger partial charge on any atom is 0.0538 e. The summed E-state index contributed by atoms with van der Waals surface area (Å²) in [6.07, 6.45) is 5.41. The Morgan fingerprint density at radius 1 is 1.29 bits per heavy atom. The Labute approximate surface area is 107 Å². The molecule has 0 aromatic carbocycles. The molecule has 0 amide bonds. The summed E-state index contributed by atoms with van der Waals surface area (Å²) in [5.74, 6) is 0. The van der Waals surface area contributed by atoms with Crippen LogP contribution >= 0.6 is 0 Å². The molecule has 0 saturated carbocycles. The van der Waals surface area contributed by atoms with Crippen LogP contribution in [-0.2, 0) is 0 Å². The molecule has 1 aliphatic rings. The van der Waals surface area contributed by atoms with Gasteiger partial charge in [0, 0.05) is 12.6 Å². The van der Waals surface area contributed by atoms with E-state index in [1.807, 2.05) is 0 Å². The Kier molecular flexibility index (Phi) is 7.09. The van der Waals surface area contributed by atoms with E-state index < -0.39 is 0 Å². The molecule has 0 aliphatic carbocycles. The first-order chi connectivity index (χ1) is 8.17. The van der Waals surface area contributed by atoms with E-state index in [2.05, 4.69) is 30.7 Å². The van der Waals surface area contributed by atoms with E-state index in [9.17, 15) is 5.11 Å². The molecular formula is C14H30N2O. The molecule has 1 saturated heterocycles. The number of nitrogens with zero attached hydrogens (tertiary/aromatic N) is 2. The van der Waals surface area contributed by atoms with Gasteiger partial charge in [-0.3, -0.25) is 4.90 Å². The Bertz CT molecular complexity index is 199. The fraction of sp³-hybridized carbons (Fsp3) is 1.00. The van der Waals surface area contributed by atoms with E-state index in [0.717, 1.165) is 25.8 Å². The van der Waals surface area contributed by atoms with Crippen molar-refractivity contribution in [3.63, 3.8) is 0 Å². The fourth-order valence-corrected chi connectivity index (χ4v) is 2.71. The van der Waals surface area contributed by atoms with Crippen LogP contribution in [0, 0.1) is 0 Å². The van der Waals surface area contributed by atoms with Crippen LogP contribution in [0.2, 0.25) is 0 Å². The highest BCUT2D eigenvalue weighted by molar-refractivity contribution is 4.77. The number of hydrogen-bond acceptors (Lipinski definition) is 3. The molecule has 1 heterocycles. The SMILES string of the molecule is CCC(O)CCCN1CCCN(C)CC1CC. The van der Waals surface area contributed by atoms with Crippen LogP contribution in [0.1, 0.15) is 46.0 Å². The zero-order chi connectivity index (χ0) is 12.7. The summed E-state index contributed by atoms with van der Waals surface area (Å²) in [6, 6.07) is 0.710. The van der Waals surface area contributed by atoms with Crippen molar-refractivity contribution < 1.29 is 5.11 Å². The van der Waals surface area contributed by atoms with Crippen LogP contribution in [0.15, 0.2) is 0 Å². The predicted molar refractivity (Wildman–Crippen MR) is 73.3 cm³/mol. The molecule has 17 heavy (non-hydrogen) atoms. The third-order valence-corrected chi connectivity index (χ3v) is 3.95. The summed E-state index contributed by atoms with van der Waals surface area (Å²) in [4.78, 5) is 5.08. The minimum absolute atomic E-state index is 0.0928. The molecule has 3 nitrogen and oxygen atoms in total. The first kappa shape index (κ1) is 14.9. The van der Waals surface area contributed by atoms with E-state index in [4.69, 9.17) is 0 Å². The van der Waals surface area contributed by atoms with Gasteiger partial charge in [0.1, 0.15) is 0 Å². The summed E-state index contributed by atoms with van der Waals surface area (Å²) in [5, 5.41) is 9.58. The highest BCUT2D eigenvalue weighted by Gasteiger charge is 2.21. The summed E-state index contributed by atoms with van der Waals surface area (Å²) in [5.41, 5.74) is 0. The Morgan fingerprint density at radius 3 is 2.71 bits per heavy atom. The van der Waals surface area contributed by atoms with Crippen molar-refractivity contribution in [2.45, 2.75) is 58.1 Å². The quantitative estimate of drug-likeness (QED) is 0.771. The lowest BCUT2D eigenvalue weighted by Crippen LogP contribution is -2.40. The van der Waals surface area contributed by atoms with Gasteiger partial charge < -0.3 is 10.0 Å². The van der Waals surface area contributed by atoms with Crippen LogP contribution in [0.4, 0.5) is 0 Å². The summed E-state index contributed by atoms with van der Waals surface area (Å²) < 4.78 is 0. The van der Waals surface area contributed by atoms with E-state index >= 15 is 0 Å². The number of aliphatic hydroxyl groups excluding tert-OH is 1. The van der Waals surface area contributed by atoms with Gasteiger partial charge in [0.05, 0.1) is 6.10 Å². The second-order valence-electron chi connectivity index (χ2n) is 5.42. The van der Waals surface area contributed by atoms with Crippen LogP contribution in [0.25, 0.3) is 0 Å². The maximum atomic E-state index is 9.58. The highest BCUT2D eigenvalue weighted by atomic mass is 16.3. The molecule has 0 aromatic rings. The van der Waals surface area contributed by atoms with Gasteiger partial charge in [-0.2, -0.15) is 0 Å². The lowest BCUT2D eigenvalue weighted by molar-refractivity contribution is 0.137. The van der Waals surface area contributed by atoms with Crippen molar-refractivity contribution >= 4 is 0 Å². The van der Waals surface area contributed by atoms with Crippen molar-refractivity contribution in [2.24, 2.45) is 0 Å².